The summed E-state index contributed by atoms with van der Waals surface area (Å²) in [5, 5.41) is 6.93. The highest BCUT2D eigenvalue weighted by Gasteiger charge is 2.47. The van der Waals surface area contributed by atoms with Crippen LogP contribution in [0.4, 0.5) is 0 Å². The van der Waals surface area contributed by atoms with Gasteiger partial charge in [0.1, 0.15) is 11.3 Å². The number of hydrogen-bond acceptors (Lipinski definition) is 6. The molecule has 2 aliphatic heterocycles. The summed E-state index contributed by atoms with van der Waals surface area (Å²) in [7, 11) is 2.02. The maximum Gasteiger partial charge on any atom is 0.259 e. The quantitative estimate of drug-likeness (QED) is 0.827. The van der Waals surface area contributed by atoms with Gasteiger partial charge in [-0.1, -0.05) is 11.2 Å². The number of likely N-dealkylation sites (tertiary alicyclic amines) is 2. The molecule has 2 aliphatic rings. The molecule has 0 saturated carbocycles. The normalized spacial score (nSPS) is 21.2. The van der Waals surface area contributed by atoms with Crippen LogP contribution in [0.25, 0.3) is 0 Å². The van der Waals surface area contributed by atoms with Gasteiger partial charge < -0.3 is 14.7 Å². The standard InChI is InChI=1S/C22H29N5O3/c1-15-19(16(2)30-25-15)21(29)27-10-7-22(8-11-27)12-18(26(3)14-22)20(28)24-13-17-6-4-5-9-23-17/h4-6,9,18H,7-8,10-14H2,1-3H3,(H,24,28). The van der Waals surface area contributed by atoms with E-state index in [0.717, 1.165) is 31.5 Å². The highest BCUT2D eigenvalue weighted by atomic mass is 16.5. The second-order valence-electron chi connectivity index (χ2n) is 8.67. The largest absolute Gasteiger partial charge is 0.361 e. The topological polar surface area (TPSA) is 91.6 Å². The van der Waals surface area contributed by atoms with E-state index in [-0.39, 0.29) is 23.3 Å². The monoisotopic (exact) mass is 411 g/mol. The van der Waals surface area contributed by atoms with Crippen LogP contribution in [-0.4, -0.2) is 64.5 Å². The lowest BCUT2D eigenvalue weighted by atomic mass is 9.76. The first-order valence-electron chi connectivity index (χ1n) is 10.5. The molecule has 2 amide bonds. The first kappa shape index (κ1) is 20.5. The Morgan fingerprint density at radius 1 is 1.27 bits per heavy atom. The predicted octanol–water partition coefficient (Wildman–Crippen LogP) is 1.93. The first-order chi connectivity index (χ1) is 14.4. The smallest absolute Gasteiger partial charge is 0.259 e. The van der Waals surface area contributed by atoms with Gasteiger partial charge in [-0.15, -0.1) is 0 Å². The van der Waals surface area contributed by atoms with E-state index in [1.807, 2.05) is 30.1 Å². The molecule has 2 fully saturated rings. The highest BCUT2D eigenvalue weighted by Crippen LogP contribution is 2.43. The van der Waals surface area contributed by atoms with Gasteiger partial charge in [0.05, 0.1) is 24.0 Å². The minimum atomic E-state index is -0.140. The van der Waals surface area contributed by atoms with Crippen molar-refractivity contribution in [1.29, 1.82) is 0 Å². The molecule has 2 aromatic heterocycles. The van der Waals surface area contributed by atoms with Crippen LogP contribution in [0.2, 0.25) is 0 Å². The molecule has 2 saturated heterocycles. The fourth-order valence-corrected chi connectivity index (χ4v) is 4.85. The Labute approximate surface area is 176 Å². The number of aryl methyl sites for hydroxylation is 2. The first-order valence-corrected chi connectivity index (χ1v) is 10.5. The number of carbonyl (C=O) groups is 2. The average molecular weight is 412 g/mol. The number of piperidine rings is 1. The molecule has 8 nitrogen and oxygen atoms in total. The molecule has 0 aliphatic carbocycles. The third-order valence-corrected chi connectivity index (χ3v) is 6.57. The Hall–Kier alpha value is -2.74. The zero-order valence-electron chi connectivity index (χ0n) is 17.9. The minimum absolute atomic E-state index is 0.00268. The molecule has 0 aromatic carbocycles. The summed E-state index contributed by atoms with van der Waals surface area (Å²) in [4.78, 5) is 34.0. The summed E-state index contributed by atoms with van der Waals surface area (Å²) < 4.78 is 5.16. The highest BCUT2D eigenvalue weighted by molar-refractivity contribution is 5.96. The molecular weight excluding hydrogens is 382 g/mol. The van der Waals surface area contributed by atoms with E-state index in [1.54, 1.807) is 20.0 Å². The zero-order valence-corrected chi connectivity index (χ0v) is 17.9. The van der Waals surface area contributed by atoms with E-state index in [9.17, 15) is 9.59 Å². The van der Waals surface area contributed by atoms with Crippen molar-refractivity contribution < 1.29 is 14.1 Å². The molecule has 2 aromatic rings. The van der Waals surface area contributed by atoms with Crippen molar-refractivity contribution in [2.45, 2.75) is 45.7 Å². The summed E-state index contributed by atoms with van der Waals surface area (Å²) >= 11 is 0. The Bertz CT molecular complexity index is 899. The molecule has 4 rings (SSSR count). The number of aromatic nitrogens is 2. The number of amides is 2. The van der Waals surface area contributed by atoms with Crippen molar-refractivity contribution in [3.8, 4) is 0 Å². The van der Waals surface area contributed by atoms with Crippen molar-refractivity contribution in [3.63, 3.8) is 0 Å². The Kier molecular flexibility index (Phi) is 5.60. The molecule has 4 heterocycles. The third kappa shape index (κ3) is 3.96. The number of nitrogens with zero attached hydrogens (tertiary/aromatic N) is 4. The van der Waals surface area contributed by atoms with E-state index < -0.39 is 0 Å². The van der Waals surface area contributed by atoms with Gasteiger partial charge in [-0.2, -0.15) is 0 Å². The van der Waals surface area contributed by atoms with Crippen LogP contribution < -0.4 is 5.32 Å². The van der Waals surface area contributed by atoms with Crippen LogP contribution in [0, 0.1) is 19.3 Å². The second-order valence-corrected chi connectivity index (χ2v) is 8.67. The van der Waals surface area contributed by atoms with Gasteiger partial charge in [-0.25, -0.2) is 0 Å². The molecule has 1 spiro atoms. The maximum absolute atomic E-state index is 12.9. The van der Waals surface area contributed by atoms with Gasteiger partial charge in [-0.05, 0) is 57.7 Å². The summed E-state index contributed by atoms with van der Waals surface area (Å²) in [6.07, 6.45) is 4.35. The number of rotatable bonds is 4. The van der Waals surface area contributed by atoms with Crippen molar-refractivity contribution in [3.05, 3.63) is 47.1 Å². The van der Waals surface area contributed by atoms with Crippen molar-refractivity contribution in [1.82, 2.24) is 25.3 Å². The predicted molar refractivity (Wildman–Crippen MR) is 111 cm³/mol. The van der Waals surface area contributed by atoms with Crippen LogP contribution in [-0.2, 0) is 11.3 Å². The van der Waals surface area contributed by atoms with E-state index in [1.165, 1.54) is 0 Å². The van der Waals surface area contributed by atoms with Gasteiger partial charge in [-0.3, -0.25) is 19.5 Å². The van der Waals surface area contributed by atoms with E-state index in [4.69, 9.17) is 4.52 Å². The fourth-order valence-electron chi connectivity index (χ4n) is 4.85. The van der Waals surface area contributed by atoms with E-state index in [2.05, 4.69) is 20.4 Å². The van der Waals surface area contributed by atoms with Crippen LogP contribution in [0.3, 0.4) is 0 Å². The maximum atomic E-state index is 12.9. The Balaban J connectivity index is 1.34. The van der Waals surface area contributed by atoms with Crippen LogP contribution in [0.5, 0.6) is 0 Å². The minimum Gasteiger partial charge on any atom is -0.361 e. The molecular formula is C22H29N5O3. The summed E-state index contributed by atoms with van der Waals surface area (Å²) in [6, 6.07) is 5.55. The van der Waals surface area contributed by atoms with Crippen LogP contribution in [0.15, 0.2) is 28.9 Å². The van der Waals surface area contributed by atoms with Crippen LogP contribution in [0.1, 0.15) is 46.8 Å². The molecule has 8 heteroatoms. The molecule has 30 heavy (non-hydrogen) atoms. The lowest BCUT2D eigenvalue weighted by Crippen LogP contribution is -2.44. The van der Waals surface area contributed by atoms with Crippen molar-refractivity contribution >= 4 is 11.8 Å². The zero-order chi connectivity index (χ0) is 21.3. The summed E-state index contributed by atoms with van der Waals surface area (Å²) in [5.74, 6) is 0.620. The Morgan fingerprint density at radius 3 is 2.67 bits per heavy atom. The summed E-state index contributed by atoms with van der Waals surface area (Å²) in [5.41, 5.74) is 2.16. The number of hydrogen-bond donors (Lipinski definition) is 1. The van der Waals surface area contributed by atoms with Gasteiger partial charge >= 0.3 is 0 Å². The molecule has 0 bridgehead atoms. The van der Waals surface area contributed by atoms with Gasteiger partial charge in [0.2, 0.25) is 5.91 Å². The number of nitrogens with one attached hydrogen (secondary N) is 1. The fraction of sp³-hybridized carbons (Fsp3) is 0.545. The van der Waals surface area contributed by atoms with E-state index >= 15 is 0 Å². The molecule has 1 atom stereocenters. The van der Waals surface area contributed by atoms with Crippen molar-refractivity contribution in [2.24, 2.45) is 5.41 Å². The number of likely N-dealkylation sites (N-methyl/N-ethyl adjacent to an activating group) is 1. The van der Waals surface area contributed by atoms with Gasteiger partial charge in [0.15, 0.2) is 0 Å². The average Bonchev–Trinajstić information content (AvgIpc) is 3.25. The number of pyridine rings is 1. The second kappa shape index (κ2) is 8.18. The SMILES string of the molecule is Cc1noc(C)c1C(=O)N1CCC2(CC1)CC(C(=O)NCc1ccccn1)N(C)C2. The van der Waals surface area contributed by atoms with Gasteiger partial charge in [0.25, 0.3) is 5.91 Å². The van der Waals surface area contributed by atoms with Gasteiger partial charge in [0, 0.05) is 25.8 Å². The third-order valence-electron chi connectivity index (χ3n) is 6.57. The lowest BCUT2D eigenvalue weighted by molar-refractivity contribution is -0.125. The molecule has 0 radical (unpaired) electrons. The summed E-state index contributed by atoms with van der Waals surface area (Å²) in [6.45, 7) is 6.28. The molecule has 1 N–H and O–H groups in total. The van der Waals surface area contributed by atoms with Crippen molar-refractivity contribution in [2.75, 3.05) is 26.7 Å². The molecule has 1 unspecified atom stereocenters. The van der Waals surface area contributed by atoms with E-state index in [0.29, 0.717) is 36.7 Å². The lowest BCUT2D eigenvalue weighted by Gasteiger charge is -2.39. The molecule has 160 valence electrons. The Morgan fingerprint density at radius 2 is 2.03 bits per heavy atom. The number of carbonyl (C=O) groups excluding carboxylic acids is 2. The van der Waals surface area contributed by atoms with Crippen LogP contribution >= 0.6 is 0 Å².